The Morgan fingerprint density at radius 2 is 2.00 bits per heavy atom. The number of aliphatic hydroxyl groups is 1. The third-order valence-electron chi connectivity index (χ3n) is 5.40. The lowest BCUT2D eigenvalue weighted by Crippen LogP contribution is -2.56. The predicted octanol–water partition coefficient (Wildman–Crippen LogP) is 2.97. The normalized spacial score (nSPS) is 20.7. The van der Waals surface area contributed by atoms with E-state index in [1.54, 1.807) is 9.80 Å². The van der Waals surface area contributed by atoms with Crippen molar-refractivity contribution in [3.8, 4) is 17.8 Å². The van der Waals surface area contributed by atoms with Crippen LogP contribution in [0.3, 0.4) is 0 Å². The SMILES string of the molecule is CC(=O)N1CC(C#CO)CC(N(C(=O)NCc2ccc(OC(F)(F)F)cc2F)C2CC2)C1. The van der Waals surface area contributed by atoms with E-state index in [-0.39, 0.29) is 36.0 Å². The highest BCUT2D eigenvalue weighted by Crippen LogP contribution is 2.33. The lowest BCUT2D eigenvalue weighted by Gasteiger charge is -2.41. The van der Waals surface area contributed by atoms with Crippen molar-refractivity contribution >= 4 is 11.9 Å². The Bertz CT molecular complexity index is 924. The Hall–Kier alpha value is -3.16. The monoisotopic (exact) mass is 457 g/mol. The van der Waals surface area contributed by atoms with Crippen molar-refractivity contribution < 1.29 is 37.0 Å². The van der Waals surface area contributed by atoms with E-state index in [2.05, 4.69) is 16.0 Å². The van der Waals surface area contributed by atoms with Crippen molar-refractivity contribution in [1.82, 2.24) is 15.1 Å². The van der Waals surface area contributed by atoms with Gasteiger partial charge in [-0.2, -0.15) is 0 Å². The average Bonchev–Trinajstić information content (AvgIpc) is 3.51. The summed E-state index contributed by atoms with van der Waals surface area (Å²) in [4.78, 5) is 28.0. The van der Waals surface area contributed by atoms with Gasteiger partial charge in [-0.25, -0.2) is 9.18 Å². The number of hydrogen-bond donors (Lipinski definition) is 2. The molecule has 174 valence electrons. The van der Waals surface area contributed by atoms with Crippen LogP contribution in [-0.4, -0.2) is 58.4 Å². The summed E-state index contributed by atoms with van der Waals surface area (Å²) in [6.07, 6.45) is -1.01. The van der Waals surface area contributed by atoms with Gasteiger partial charge in [0.15, 0.2) is 0 Å². The minimum atomic E-state index is -4.93. The number of carbonyl (C=O) groups is 2. The zero-order valence-electron chi connectivity index (χ0n) is 17.3. The number of ether oxygens (including phenoxy) is 1. The Kier molecular flexibility index (Phi) is 7.01. The standard InChI is InChI=1S/C21H23F4N3O4/c1-13(30)27-11-14(6-7-29)8-17(12-27)28(16-3-4-16)20(31)26-10-15-2-5-18(9-19(15)22)32-21(23,24)25/h2,5,9,14,16-17,29H,3-4,8,10-12H2,1H3,(H,26,31). The molecule has 1 aliphatic carbocycles. The number of amides is 3. The third kappa shape index (κ3) is 6.18. The van der Waals surface area contributed by atoms with Crippen LogP contribution in [0.2, 0.25) is 0 Å². The second-order valence-electron chi connectivity index (χ2n) is 7.86. The van der Waals surface area contributed by atoms with Crippen LogP contribution in [0.4, 0.5) is 22.4 Å². The maximum Gasteiger partial charge on any atom is 0.573 e. The first-order valence-electron chi connectivity index (χ1n) is 10.1. The maximum absolute atomic E-state index is 14.2. The molecule has 1 aliphatic heterocycles. The van der Waals surface area contributed by atoms with Crippen LogP contribution >= 0.6 is 0 Å². The summed E-state index contributed by atoms with van der Waals surface area (Å²) < 4.78 is 54.7. The van der Waals surface area contributed by atoms with Crippen molar-refractivity contribution in [2.45, 2.75) is 51.2 Å². The van der Waals surface area contributed by atoms with E-state index >= 15 is 0 Å². The Balaban J connectivity index is 1.68. The van der Waals surface area contributed by atoms with Crippen molar-refractivity contribution in [3.63, 3.8) is 0 Å². The Labute approximate surface area is 182 Å². The smallest absolute Gasteiger partial charge is 0.462 e. The van der Waals surface area contributed by atoms with Crippen LogP contribution < -0.4 is 10.1 Å². The molecule has 11 heteroatoms. The molecule has 1 aromatic carbocycles. The molecule has 1 heterocycles. The van der Waals surface area contributed by atoms with Crippen LogP contribution in [0, 0.1) is 23.8 Å². The molecule has 0 radical (unpaired) electrons. The zero-order chi connectivity index (χ0) is 23.5. The Morgan fingerprint density at radius 1 is 1.28 bits per heavy atom. The molecule has 2 aliphatic rings. The number of urea groups is 1. The van der Waals surface area contributed by atoms with E-state index in [1.165, 1.54) is 6.92 Å². The molecule has 2 N–H and O–H groups in total. The van der Waals surface area contributed by atoms with Crippen LogP contribution in [0.1, 0.15) is 31.7 Å². The van der Waals surface area contributed by atoms with Crippen molar-refractivity contribution in [2.75, 3.05) is 13.1 Å². The molecule has 3 rings (SSSR count). The van der Waals surface area contributed by atoms with Gasteiger partial charge < -0.3 is 25.0 Å². The molecule has 0 spiro atoms. The molecular formula is C21H23F4N3O4. The number of nitrogens with zero attached hydrogens (tertiary/aromatic N) is 2. The minimum Gasteiger partial charge on any atom is -0.462 e. The molecule has 0 bridgehead atoms. The number of benzene rings is 1. The lowest BCUT2D eigenvalue weighted by atomic mass is 9.93. The summed E-state index contributed by atoms with van der Waals surface area (Å²) in [7, 11) is 0. The van der Waals surface area contributed by atoms with Gasteiger partial charge in [-0.15, -0.1) is 13.2 Å². The number of rotatable bonds is 5. The van der Waals surface area contributed by atoms with Gasteiger partial charge in [0.1, 0.15) is 17.7 Å². The number of likely N-dealkylation sites (tertiary alicyclic amines) is 1. The zero-order valence-corrected chi connectivity index (χ0v) is 17.3. The molecule has 3 amide bonds. The molecule has 0 aromatic heterocycles. The van der Waals surface area contributed by atoms with E-state index in [4.69, 9.17) is 5.11 Å². The second kappa shape index (κ2) is 9.54. The molecule has 2 unspecified atom stereocenters. The molecule has 7 nitrogen and oxygen atoms in total. The number of aliphatic hydroxyl groups excluding tert-OH is 1. The highest BCUT2D eigenvalue weighted by molar-refractivity contribution is 5.76. The average molecular weight is 457 g/mol. The summed E-state index contributed by atoms with van der Waals surface area (Å²) in [5.74, 6) is 0.558. The number of carbonyl (C=O) groups excluding carboxylic acids is 2. The van der Waals surface area contributed by atoms with Gasteiger partial charge in [0, 0.05) is 50.1 Å². The summed E-state index contributed by atoms with van der Waals surface area (Å²) in [5.41, 5.74) is 0.00153. The van der Waals surface area contributed by atoms with Crippen LogP contribution in [0.15, 0.2) is 18.2 Å². The summed E-state index contributed by atoms with van der Waals surface area (Å²) in [5, 5.41) is 11.6. The number of nitrogens with one attached hydrogen (secondary N) is 1. The number of hydrogen-bond acceptors (Lipinski definition) is 4. The van der Waals surface area contributed by atoms with E-state index in [9.17, 15) is 27.2 Å². The van der Waals surface area contributed by atoms with Crippen LogP contribution in [-0.2, 0) is 11.3 Å². The molecule has 2 atom stereocenters. The van der Waals surface area contributed by atoms with Crippen LogP contribution in [0.25, 0.3) is 0 Å². The fourth-order valence-corrected chi connectivity index (χ4v) is 3.84. The van der Waals surface area contributed by atoms with Crippen molar-refractivity contribution in [3.05, 3.63) is 29.6 Å². The molecule has 1 saturated heterocycles. The largest absolute Gasteiger partial charge is 0.573 e. The summed E-state index contributed by atoms with van der Waals surface area (Å²) in [6.45, 7) is 1.86. The van der Waals surface area contributed by atoms with Crippen molar-refractivity contribution in [2.24, 2.45) is 5.92 Å². The molecular weight excluding hydrogens is 434 g/mol. The van der Waals surface area contributed by atoms with Crippen LogP contribution in [0.5, 0.6) is 5.75 Å². The van der Waals surface area contributed by atoms with Gasteiger partial charge in [0.2, 0.25) is 5.91 Å². The molecule has 32 heavy (non-hydrogen) atoms. The first-order valence-corrected chi connectivity index (χ1v) is 10.1. The Morgan fingerprint density at radius 3 is 2.56 bits per heavy atom. The van der Waals surface area contributed by atoms with Gasteiger partial charge in [0.25, 0.3) is 0 Å². The summed E-state index contributed by atoms with van der Waals surface area (Å²) >= 11 is 0. The topological polar surface area (TPSA) is 82.1 Å². The number of alkyl halides is 3. The van der Waals surface area contributed by atoms with E-state index < -0.39 is 24.0 Å². The van der Waals surface area contributed by atoms with Gasteiger partial charge >= 0.3 is 12.4 Å². The predicted molar refractivity (Wildman–Crippen MR) is 104 cm³/mol. The highest BCUT2D eigenvalue weighted by Gasteiger charge is 2.41. The van der Waals surface area contributed by atoms with Gasteiger partial charge in [-0.1, -0.05) is 12.0 Å². The molecule has 1 saturated carbocycles. The van der Waals surface area contributed by atoms with Gasteiger partial charge in [-0.3, -0.25) is 4.79 Å². The molecule has 2 fully saturated rings. The number of halogens is 4. The fourth-order valence-electron chi connectivity index (χ4n) is 3.84. The fraction of sp³-hybridized carbons (Fsp3) is 0.524. The number of piperidine rings is 1. The van der Waals surface area contributed by atoms with E-state index in [0.29, 0.717) is 25.6 Å². The minimum absolute atomic E-state index is 0.00153. The first-order chi connectivity index (χ1) is 15.1. The summed E-state index contributed by atoms with van der Waals surface area (Å²) in [6, 6.07) is 1.87. The van der Waals surface area contributed by atoms with Crippen molar-refractivity contribution in [1.29, 1.82) is 0 Å². The molecule has 1 aromatic rings. The second-order valence-corrected chi connectivity index (χ2v) is 7.86. The lowest BCUT2D eigenvalue weighted by molar-refractivity contribution is -0.274. The van der Waals surface area contributed by atoms with E-state index in [0.717, 1.165) is 25.0 Å². The van der Waals surface area contributed by atoms with E-state index in [1.807, 2.05) is 6.11 Å². The van der Waals surface area contributed by atoms with Gasteiger partial charge in [0.05, 0.1) is 6.04 Å². The third-order valence-corrected chi connectivity index (χ3v) is 5.40. The first kappa shape index (κ1) is 23.5. The quantitative estimate of drug-likeness (QED) is 0.526. The highest BCUT2D eigenvalue weighted by atomic mass is 19.4. The maximum atomic E-state index is 14.2. The van der Waals surface area contributed by atoms with Gasteiger partial charge in [-0.05, 0) is 25.3 Å².